The van der Waals surface area contributed by atoms with Gasteiger partial charge in [-0.15, -0.1) is 5.10 Å². The summed E-state index contributed by atoms with van der Waals surface area (Å²) in [5.41, 5.74) is 3.05. The number of rotatable bonds is 5. The van der Waals surface area contributed by atoms with Crippen molar-refractivity contribution in [3.8, 4) is 11.5 Å². The van der Waals surface area contributed by atoms with Crippen LogP contribution in [-0.4, -0.2) is 26.7 Å². The Morgan fingerprint density at radius 1 is 1.18 bits per heavy atom. The predicted octanol–water partition coefficient (Wildman–Crippen LogP) is 1.78. The topological polar surface area (TPSA) is 96.7 Å². The van der Waals surface area contributed by atoms with Crippen molar-refractivity contribution < 1.29 is 4.42 Å². The third-order valence-corrected chi connectivity index (χ3v) is 3.15. The van der Waals surface area contributed by atoms with Crippen LogP contribution in [-0.2, 0) is 6.42 Å². The Kier molecular flexibility index (Phi) is 3.95. The van der Waals surface area contributed by atoms with Crippen molar-refractivity contribution in [2.45, 2.75) is 13.3 Å². The first-order valence-electron chi connectivity index (χ1n) is 6.88. The van der Waals surface area contributed by atoms with Crippen LogP contribution in [0.1, 0.15) is 11.1 Å². The summed E-state index contributed by atoms with van der Waals surface area (Å²) in [6, 6.07) is 8.41. The molecule has 22 heavy (non-hydrogen) atoms. The van der Waals surface area contributed by atoms with Gasteiger partial charge in [0.2, 0.25) is 5.95 Å². The predicted molar refractivity (Wildman–Crippen MR) is 81.5 cm³/mol. The summed E-state index contributed by atoms with van der Waals surface area (Å²) >= 11 is 0. The largest absolute Gasteiger partial charge is 0.434 e. The molecule has 0 amide bonds. The normalized spacial score (nSPS) is 10.6. The molecule has 0 atom stereocenters. The van der Waals surface area contributed by atoms with Gasteiger partial charge in [-0.05, 0) is 18.9 Å². The second-order valence-electron chi connectivity index (χ2n) is 4.88. The third-order valence-electron chi connectivity index (χ3n) is 3.15. The van der Waals surface area contributed by atoms with E-state index in [-0.39, 0.29) is 5.89 Å². The SMILES string of the molecule is Cc1ccc(CCNc2ncc(-c3n[nH]c(=O)o3)cn2)cc1. The highest BCUT2D eigenvalue weighted by Crippen LogP contribution is 2.13. The van der Waals surface area contributed by atoms with Crippen LogP contribution < -0.4 is 11.1 Å². The summed E-state index contributed by atoms with van der Waals surface area (Å²) in [6.07, 6.45) is 4.00. The van der Waals surface area contributed by atoms with Gasteiger partial charge in [-0.3, -0.25) is 0 Å². The fraction of sp³-hybridized carbons (Fsp3) is 0.200. The molecular weight excluding hydrogens is 282 g/mol. The van der Waals surface area contributed by atoms with Crippen LogP contribution in [0.15, 0.2) is 45.9 Å². The zero-order valence-corrected chi connectivity index (χ0v) is 12.0. The number of H-pyrrole nitrogens is 1. The second-order valence-corrected chi connectivity index (χ2v) is 4.88. The average Bonchev–Trinajstić information content (AvgIpc) is 2.97. The summed E-state index contributed by atoms with van der Waals surface area (Å²) in [5, 5.41) is 9.06. The molecule has 0 aliphatic carbocycles. The smallest absolute Gasteiger partial charge is 0.388 e. The molecule has 0 saturated heterocycles. The standard InChI is InChI=1S/C15H15N5O2/c1-10-2-4-11(5-3-10)6-7-16-14-17-8-12(9-18-14)13-19-20-15(21)22-13/h2-5,8-9H,6-7H2,1H3,(H,20,21)(H,16,17,18). The summed E-state index contributed by atoms with van der Waals surface area (Å²) < 4.78 is 4.84. The van der Waals surface area contributed by atoms with Crippen molar-refractivity contribution in [3.05, 3.63) is 58.3 Å². The maximum atomic E-state index is 10.9. The molecule has 0 aliphatic rings. The number of aryl methyl sites for hydroxylation is 1. The highest BCUT2D eigenvalue weighted by atomic mass is 16.4. The number of hydrogen-bond donors (Lipinski definition) is 2. The molecule has 1 aromatic carbocycles. The molecule has 0 spiro atoms. The van der Waals surface area contributed by atoms with Gasteiger partial charge >= 0.3 is 5.76 Å². The van der Waals surface area contributed by atoms with Crippen LogP contribution in [0.5, 0.6) is 0 Å². The molecule has 0 unspecified atom stereocenters. The number of aromatic amines is 1. The minimum atomic E-state index is -0.602. The van der Waals surface area contributed by atoms with Gasteiger partial charge in [-0.2, -0.15) is 0 Å². The lowest BCUT2D eigenvalue weighted by molar-refractivity contribution is 0.526. The Balaban J connectivity index is 1.57. The van der Waals surface area contributed by atoms with Gasteiger partial charge in [0.25, 0.3) is 5.89 Å². The number of hydrogen-bond acceptors (Lipinski definition) is 6. The minimum absolute atomic E-state index is 0.177. The first-order valence-corrected chi connectivity index (χ1v) is 6.88. The van der Waals surface area contributed by atoms with Crippen LogP contribution >= 0.6 is 0 Å². The van der Waals surface area contributed by atoms with E-state index in [2.05, 4.69) is 56.7 Å². The first kappa shape index (κ1) is 14.0. The Labute approximate surface area is 126 Å². The Hall–Kier alpha value is -2.96. The van der Waals surface area contributed by atoms with E-state index in [0.29, 0.717) is 11.5 Å². The van der Waals surface area contributed by atoms with Crippen molar-refractivity contribution in [1.82, 2.24) is 20.2 Å². The Morgan fingerprint density at radius 3 is 2.55 bits per heavy atom. The van der Waals surface area contributed by atoms with E-state index in [1.165, 1.54) is 11.1 Å². The molecule has 2 heterocycles. The van der Waals surface area contributed by atoms with E-state index in [4.69, 9.17) is 4.42 Å². The van der Waals surface area contributed by atoms with Crippen molar-refractivity contribution in [3.63, 3.8) is 0 Å². The molecule has 3 aromatic rings. The van der Waals surface area contributed by atoms with Gasteiger partial charge in [0, 0.05) is 18.9 Å². The molecular formula is C15H15N5O2. The third kappa shape index (κ3) is 3.38. The van der Waals surface area contributed by atoms with Crippen LogP contribution in [0, 0.1) is 6.92 Å². The highest BCUT2D eigenvalue weighted by molar-refractivity contribution is 5.49. The summed E-state index contributed by atoms with van der Waals surface area (Å²) in [6.45, 7) is 2.80. The maximum Gasteiger partial charge on any atom is 0.434 e. The number of nitrogens with one attached hydrogen (secondary N) is 2. The molecule has 0 bridgehead atoms. The van der Waals surface area contributed by atoms with E-state index in [0.717, 1.165) is 13.0 Å². The quantitative estimate of drug-likeness (QED) is 0.745. The maximum absolute atomic E-state index is 10.9. The molecule has 0 radical (unpaired) electrons. The highest BCUT2D eigenvalue weighted by Gasteiger charge is 2.06. The minimum Gasteiger partial charge on any atom is -0.388 e. The fourth-order valence-corrected chi connectivity index (χ4v) is 1.96. The molecule has 112 valence electrons. The van der Waals surface area contributed by atoms with Crippen molar-refractivity contribution in [1.29, 1.82) is 0 Å². The van der Waals surface area contributed by atoms with Crippen molar-refractivity contribution in [2.75, 3.05) is 11.9 Å². The van der Waals surface area contributed by atoms with E-state index in [1.54, 1.807) is 12.4 Å². The van der Waals surface area contributed by atoms with Gasteiger partial charge in [0.15, 0.2) is 0 Å². The molecule has 7 heteroatoms. The van der Waals surface area contributed by atoms with E-state index < -0.39 is 5.76 Å². The molecule has 2 N–H and O–H groups in total. The van der Waals surface area contributed by atoms with Crippen LogP contribution in [0.2, 0.25) is 0 Å². The van der Waals surface area contributed by atoms with Gasteiger partial charge in [0.05, 0.1) is 5.56 Å². The zero-order valence-electron chi connectivity index (χ0n) is 12.0. The number of anilines is 1. The van der Waals surface area contributed by atoms with Gasteiger partial charge < -0.3 is 9.73 Å². The van der Waals surface area contributed by atoms with Crippen molar-refractivity contribution >= 4 is 5.95 Å². The van der Waals surface area contributed by atoms with Gasteiger partial charge in [-0.1, -0.05) is 29.8 Å². The van der Waals surface area contributed by atoms with Crippen molar-refractivity contribution in [2.24, 2.45) is 0 Å². The van der Waals surface area contributed by atoms with Crippen LogP contribution in [0.25, 0.3) is 11.5 Å². The molecule has 3 rings (SSSR count). The molecule has 0 aliphatic heterocycles. The number of nitrogens with zero attached hydrogens (tertiary/aromatic N) is 3. The van der Waals surface area contributed by atoms with Gasteiger partial charge in [-0.25, -0.2) is 19.9 Å². The van der Waals surface area contributed by atoms with Gasteiger partial charge in [0.1, 0.15) is 0 Å². The summed E-state index contributed by atoms with van der Waals surface area (Å²) in [7, 11) is 0. The van der Waals surface area contributed by atoms with E-state index >= 15 is 0 Å². The number of benzene rings is 1. The monoisotopic (exact) mass is 297 g/mol. The lowest BCUT2D eigenvalue weighted by atomic mass is 10.1. The Bertz CT molecular complexity index is 790. The summed E-state index contributed by atoms with van der Waals surface area (Å²) in [4.78, 5) is 19.2. The number of aromatic nitrogens is 4. The molecule has 2 aromatic heterocycles. The summed E-state index contributed by atoms with van der Waals surface area (Å²) in [5.74, 6) is 0.0975. The zero-order chi connectivity index (χ0) is 15.4. The lowest BCUT2D eigenvalue weighted by Gasteiger charge is -2.05. The van der Waals surface area contributed by atoms with Crippen LogP contribution in [0.3, 0.4) is 0 Å². The van der Waals surface area contributed by atoms with E-state index in [1.807, 2.05) is 0 Å². The Morgan fingerprint density at radius 2 is 1.91 bits per heavy atom. The van der Waals surface area contributed by atoms with Crippen LogP contribution in [0.4, 0.5) is 5.95 Å². The first-order chi connectivity index (χ1) is 10.7. The molecule has 0 saturated carbocycles. The molecule has 0 fully saturated rings. The second kappa shape index (κ2) is 6.21. The fourth-order valence-electron chi connectivity index (χ4n) is 1.96. The lowest BCUT2D eigenvalue weighted by Crippen LogP contribution is -2.07. The van der Waals surface area contributed by atoms with E-state index in [9.17, 15) is 4.79 Å². The molecule has 7 nitrogen and oxygen atoms in total. The average molecular weight is 297 g/mol.